The molecule has 0 aliphatic rings. The van der Waals surface area contributed by atoms with Crippen molar-refractivity contribution in [1.29, 1.82) is 0 Å². The molecule has 0 saturated heterocycles. The lowest BCUT2D eigenvalue weighted by Gasteiger charge is -2.11. The first-order chi connectivity index (χ1) is 9.22. The highest BCUT2D eigenvalue weighted by Gasteiger charge is 2.08. The standard InChI is InChI=1S/C15H15ClFNO/c1-18-9-11-5-2-3-6-12(11)10-19-14-8-4-7-13(16)15(14)17/h2-8,18H,9-10H2,1H3. The molecule has 0 amide bonds. The lowest BCUT2D eigenvalue weighted by Crippen LogP contribution is -2.09. The molecular formula is C15H15ClFNO. The minimum Gasteiger partial charge on any atom is -0.486 e. The minimum atomic E-state index is -0.518. The molecule has 2 aromatic carbocycles. The molecule has 0 aliphatic carbocycles. The van der Waals surface area contributed by atoms with Crippen molar-refractivity contribution in [3.8, 4) is 5.75 Å². The van der Waals surface area contributed by atoms with Gasteiger partial charge in [-0.1, -0.05) is 41.9 Å². The molecule has 0 spiro atoms. The Morgan fingerprint density at radius 3 is 2.58 bits per heavy atom. The van der Waals surface area contributed by atoms with Crippen LogP contribution in [0.5, 0.6) is 5.75 Å². The van der Waals surface area contributed by atoms with Gasteiger partial charge in [-0.25, -0.2) is 4.39 Å². The molecule has 0 bridgehead atoms. The molecule has 0 atom stereocenters. The highest BCUT2D eigenvalue weighted by molar-refractivity contribution is 6.30. The van der Waals surface area contributed by atoms with Gasteiger partial charge in [-0.15, -0.1) is 0 Å². The van der Waals surface area contributed by atoms with Gasteiger partial charge in [-0.3, -0.25) is 0 Å². The van der Waals surface area contributed by atoms with E-state index in [0.29, 0.717) is 6.61 Å². The summed E-state index contributed by atoms with van der Waals surface area (Å²) in [5, 5.41) is 3.16. The van der Waals surface area contributed by atoms with Gasteiger partial charge < -0.3 is 10.1 Å². The van der Waals surface area contributed by atoms with Crippen LogP contribution in [0.15, 0.2) is 42.5 Å². The summed E-state index contributed by atoms with van der Waals surface area (Å²) in [4.78, 5) is 0. The zero-order valence-corrected chi connectivity index (χ0v) is 11.4. The Labute approximate surface area is 117 Å². The molecule has 0 heterocycles. The van der Waals surface area contributed by atoms with Gasteiger partial charge in [0, 0.05) is 6.54 Å². The predicted molar refractivity (Wildman–Crippen MR) is 74.9 cm³/mol. The molecule has 0 unspecified atom stereocenters. The van der Waals surface area contributed by atoms with Gasteiger partial charge >= 0.3 is 0 Å². The van der Waals surface area contributed by atoms with Crippen LogP contribution in [0.1, 0.15) is 11.1 Å². The summed E-state index contributed by atoms with van der Waals surface area (Å²) in [5.41, 5.74) is 2.16. The van der Waals surface area contributed by atoms with E-state index in [1.807, 2.05) is 31.3 Å². The van der Waals surface area contributed by atoms with Crippen molar-refractivity contribution in [3.63, 3.8) is 0 Å². The molecule has 19 heavy (non-hydrogen) atoms. The van der Waals surface area contributed by atoms with Crippen molar-refractivity contribution in [3.05, 3.63) is 64.4 Å². The Morgan fingerprint density at radius 2 is 1.84 bits per heavy atom. The zero-order chi connectivity index (χ0) is 13.7. The van der Waals surface area contributed by atoms with Crippen LogP contribution in [0.4, 0.5) is 4.39 Å². The maximum atomic E-state index is 13.7. The van der Waals surface area contributed by atoms with E-state index < -0.39 is 5.82 Å². The summed E-state index contributed by atoms with van der Waals surface area (Å²) in [7, 11) is 1.88. The molecule has 100 valence electrons. The van der Waals surface area contributed by atoms with Gasteiger partial charge in [0.05, 0.1) is 5.02 Å². The number of ether oxygens (including phenoxy) is 1. The third-order valence-corrected chi connectivity index (χ3v) is 3.08. The average molecular weight is 280 g/mol. The SMILES string of the molecule is CNCc1ccccc1COc1cccc(Cl)c1F. The number of hydrogen-bond donors (Lipinski definition) is 1. The summed E-state index contributed by atoms with van der Waals surface area (Å²) in [5.74, 6) is -0.345. The fourth-order valence-electron chi connectivity index (χ4n) is 1.81. The van der Waals surface area contributed by atoms with E-state index in [0.717, 1.165) is 17.7 Å². The fraction of sp³-hybridized carbons (Fsp3) is 0.200. The summed E-state index contributed by atoms with van der Waals surface area (Å²) in [6.45, 7) is 1.06. The lowest BCUT2D eigenvalue weighted by molar-refractivity contribution is 0.289. The first kappa shape index (κ1) is 13.8. The minimum absolute atomic E-state index is 0.0704. The Balaban J connectivity index is 2.12. The Morgan fingerprint density at radius 1 is 1.11 bits per heavy atom. The van der Waals surface area contributed by atoms with Crippen molar-refractivity contribution in [2.45, 2.75) is 13.2 Å². The van der Waals surface area contributed by atoms with Gasteiger partial charge in [0.2, 0.25) is 0 Å². The van der Waals surface area contributed by atoms with Crippen molar-refractivity contribution in [1.82, 2.24) is 5.32 Å². The van der Waals surface area contributed by atoms with E-state index in [2.05, 4.69) is 5.32 Å². The van der Waals surface area contributed by atoms with Gasteiger partial charge in [-0.05, 0) is 30.3 Å². The Kier molecular flexibility index (Phi) is 4.77. The Hall–Kier alpha value is -1.58. The van der Waals surface area contributed by atoms with E-state index in [4.69, 9.17) is 16.3 Å². The van der Waals surface area contributed by atoms with Crippen LogP contribution < -0.4 is 10.1 Å². The van der Waals surface area contributed by atoms with E-state index in [-0.39, 0.29) is 10.8 Å². The van der Waals surface area contributed by atoms with E-state index in [1.54, 1.807) is 12.1 Å². The molecule has 2 rings (SSSR count). The molecular weight excluding hydrogens is 265 g/mol. The summed E-state index contributed by atoms with van der Waals surface area (Å²) >= 11 is 5.71. The van der Waals surface area contributed by atoms with Crippen LogP contribution in [0.25, 0.3) is 0 Å². The lowest BCUT2D eigenvalue weighted by atomic mass is 10.1. The van der Waals surface area contributed by atoms with Crippen molar-refractivity contribution in [2.75, 3.05) is 7.05 Å². The van der Waals surface area contributed by atoms with Crippen LogP contribution in [-0.2, 0) is 13.2 Å². The highest BCUT2D eigenvalue weighted by Crippen LogP contribution is 2.25. The third kappa shape index (κ3) is 3.46. The topological polar surface area (TPSA) is 21.3 Å². The molecule has 0 radical (unpaired) electrons. The van der Waals surface area contributed by atoms with Gasteiger partial charge in [0.15, 0.2) is 11.6 Å². The molecule has 0 aromatic heterocycles. The van der Waals surface area contributed by atoms with Crippen LogP contribution in [-0.4, -0.2) is 7.05 Å². The summed E-state index contributed by atoms with van der Waals surface area (Å²) in [6.07, 6.45) is 0. The second-order valence-corrected chi connectivity index (χ2v) is 4.55. The monoisotopic (exact) mass is 279 g/mol. The van der Waals surface area contributed by atoms with Crippen molar-refractivity contribution in [2.24, 2.45) is 0 Å². The number of halogens is 2. The smallest absolute Gasteiger partial charge is 0.183 e. The number of nitrogens with one attached hydrogen (secondary N) is 1. The largest absolute Gasteiger partial charge is 0.486 e. The zero-order valence-electron chi connectivity index (χ0n) is 10.6. The van der Waals surface area contributed by atoms with Gasteiger partial charge in [-0.2, -0.15) is 0 Å². The highest BCUT2D eigenvalue weighted by atomic mass is 35.5. The average Bonchev–Trinajstić information content (AvgIpc) is 2.42. The maximum Gasteiger partial charge on any atom is 0.183 e. The van der Waals surface area contributed by atoms with Crippen LogP contribution in [0.2, 0.25) is 5.02 Å². The normalized spacial score (nSPS) is 10.5. The molecule has 0 fully saturated rings. The summed E-state index contributed by atoms with van der Waals surface area (Å²) in [6, 6.07) is 12.6. The maximum absolute atomic E-state index is 13.7. The van der Waals surface area contributed by atoms with Crippen molar-refractivity contribution < 1.29 is 9.13 Å². The molecule has 4 heteroatoms. The first-order valence-electron chi connectivity index (χ1n) is 6.00. The second-order valence-electron chi connectivity index (χ2n) is 4.14. The van der Waals surface area contributed by atoms with E-state index >= 15 is 0 Å². The number of rotatable bonds is 5. The fourth-order valence-corrected chi connectivity index (χ4v) is 1.98. The van der Waals surface area contributed by atoms with Crippen LogP contribution in [0, 0.1) is 5.82 Å². The van der Waals surface area contributed by atoms with Gasteiger partial charge in [0.1, 0.15) is 6.61 Å². The first-order valence-corrected chi connectivity index (χ1v) is 6.38. The number of hydrogen-bond acceptors (Lipinski definition) is 2. The molecule has 0 aliphatic heterocycles. The molecule has 1 N–H and O–H groups in total. The second kappa shape index (κ2) is 6.55. The molecule has 0 saturated carbocycles. The molecule has 2 aromatic rings. The van der Waals surface area contributed by atoms with Crippen LogP contribution in [0.3, 0.4) is 0 Å². The summed E-state index contributed by atoms with van der Waals surface area (Å²) < 4.78 is 19.2. The van der Waals surface area contributed by atoms with Crippen LogP contribution >= 0.6 is 11.6 Å². The quantitative estimate of drug-likeness (QED) is 0.899. The van der Waals surface area contributed by atoms with Crippen molar-refractivity contribution >= 4 is 11.6 Å². The molecule has 2 nitrogen and oxygen atoms in total. The van der Waals surface area contributed by atoms with E-state index in [9.17, 15) is 4.39 Å². The third-order valence-electron chi connectivity index (χ3n) is 2.78. The number of benzene rings is 2. The van der Waals surface area contributed by atoms with Gasteiger partial charge in [0.25, 0.3) is 0 Å². The Bertz CT molecular complexity index is 560. The predicted octanol–water partition coefficient (Wildman–Crippen LogP) is 3.78. The van der Waals surface area contributed by atoms with E-state index in [1.165, 1.54) is 6.07 Å².